The molecule has 10 heteroatoms. The van der Waals surface area contributed by atoms with Gasteiger partial charge in [0.1, 0.15) is 18.2 Å². The highest BCUT2D eigenvalue weighted by Gasteiger charge is 2.13. The number of Topliss-reactive ketones (excluding diaryl/α,β-unsaturated/α-hetero) is 1. The lowest BCUT2D eigenvalue weighted by atomic mass is 10.1. The zero-order valence-electron chi connectivity index (χ0n) is 11.7. The fraction of sp³-hybridized carbons (Fsp3) is 0.250. The molecule has 0 radical (unpaired) electrons. The molecule has 0 aliphatic rings. The van der Waals surface area contributed by atoms with Gasteiger partial charge in [0, 0.05) is 10.6 Å². The van der Waals surface area contributed by atoms with E-state index in [2.05, 4.69) is 10.1 Å². The summed E-state index contributed by atoms with van der Waals surface area (Å²) < 4.78 is 1.56. The minimum atomic E-state index is -1.50. The molecule has 1 aromatic carbocycles. The number of carbonyl (C=O) groups excluding carboxylic acids is 1. The first-order valence-corrected chi connectivity index (χ1v) is 6.66. The SMILES string of the molecule is Cc1nc(C)n(CC(=O)c2ccc(Cl)cc2Cl)n1.O=[N+]([O-])O. The molecule has 1 aromatic heterocycles. The Morgan fingerprint density at radius 2 is 2.00 bits per heavy atom. The van der Waals surface area contributed by atoms with E-state index in [9.17, 15) is 4.79 Å². The summed E-state index contributed by atoms with van der Waals surface area (Å²) in [7, 11) is 0. The Hall–Kier alpha value is -2.19. The largest absolute Gasteiger partial charge is 0.328 e. The van der Waals surface area contributed by atoms with Crippen LogP contribution < -0.4 is 0 Å². The van der Waals surface area contributed by atoms with Gasteiger partial charge in [0.15, 0.2) is 5.78 Å². The number of nitrogens with zero attached hydrogens (tertiary/aromatic N) is 4. The smallest absolute Gasteiger partial charge is 0.291 e. The van der Waals surface area contributed by atoms with Crippen LogP contribution in [0.1, 0.15) is 22.0 Å². The molecule has 8 nitrogen and oxygen atoms in total. The standard InChI is InChI=1S/C12H11Cl2N3O.HNO3/c1-7-15-8(2)17(16-7)6-12(18)10-4-3-9(13)5-11(10)14;2-1(3)4/h3-5H,6H2,1-2H3;(H,2,3,4). The number of aromatic nitrogens is 3. The number of halogens is 2. The van der Waals surface area contributed by atoms with Gasteiger partial charge in [-0.1, -0.05) is 23.2 Å². The Bertz CT molecular complexity index is 698. The van der Waals surface area contributed by atoms with E-state index in [1.54, 1.807) is 36.7 Å². The van der Waals surface area contributed by atoms with E-state index in [1.165, 1.54) is 0 Å². The third-order valence-electron chi connectivity index (χ3n) is 2.49. The van der Waals surface area contributed by atoms with Crippen molar-refractivity contribution in [3.05, 3.63) is 55.6 Å². The molecule has 1 heterocycles. The predicted octanol–water partition coefficient (Wildman–Crippen LogP) is 2.74. The summed E-state index contributed by atoms with van der Waals surface area (Å²) in [6.45, 7) is 3.70. The van der Waals surface area contributed by atoms with Gasteiger partial charge in [-0.3, -0.25) is 4.79 Å². The zero-order chi connectivity index (χ0) is 16.9. The van der Waals surface area contributed by atoms with Gasteiger partial charge in [0.25, 0.3) is 5.09 Å². The number of ketones is 1. The van der Waals surface area contributed by atoms with Gasteiger partial charge in [0.05, 0.1) is 5.02 Å². The molecule has 22 heavy (non-hydrogen) atoms. The summed E-state index contributed by atoms with van der Waals surface area (Å²) in [6.07, 6.45) is 0. The van der Waals surface area contributed by atoms with Crippen LogP contribution in [-0.2, 0) is 6.54 Å². The van der Waals surface area contributed by atoms with Gasteiger partial charge in [-0.15, -0.1) is 10.1 Å². The van der Waals surface area contributed by atoms with E-state index < -0.39 is 5.09 Å². The highest BCUT2D eigenvalue weighted by Crippen LogP contribution is 2.21. The molecule has 2 aromatic rings. The number of rotatable bonds is 3. The van der Waals surface area contributed by atoms with E-state index in [1.807, 2.05) is 0 Å². The maximum absolute atomic E-state index is 12.1. The Morgan fingerprint density at radius 3 is 2.45 bits per heavy atom. The van der Waals surface area contributed by atoms with Crippen LogP contribution in [0.15, 0.2) is 18.2 Å². The molecule has 118 valence electrons. The maximum Gasteiger partial charge on any atom is 0.291 e. The number of hydrogen-bond donors (Lipinski definition) is 1. The quantitative estimate of drug-likeness (QED) is 0.519. The maximum atomic E-state index is 12.1. The van der Waals surface area contributed by atoms with E-state index in [0.717, 1.165) is 0 Å². The molecule has 0 saturated carbocycles. The molecule has 0 atom stereocenters. The molecule has 1 N–H and O–H groups in total. The molecule has 0 aliphatic carbocycles. The van der Waals surface area contributed by atoms with Crippen molar-refractivity contribution in [2.24, 2.45) is 0 Å². The molecular formula is C12H12Cl2N4O4. The zero-order valence-corrected chi connectivity index (χ0v) is 13.2. The van der Waals surface area contributed by atoms with E-state index in [4.69, 9.17) is 38.5 Å². The number of carbonyl (C=O) groups is 1. The summed E-state index contributed by atoms with van der Waals surface area (Å²) >= 11 is 11.8. The van der Waals surface area contributed by atoms with Gasteiger partial charge in [-0.2, -0.15) is 5.10 Å². The van der Waals surface area contributed by atoms with Crippen molar-refractivity contribution in [3.8, 4) is 0 Å². The summed E-state index contributed by atoms with van der Waals surface area (Å²) in [5, 5.41) is 18.6. The number of hydrogen-bond acceptors (Lipinski definition) is 5. The molecule has 0 unspecified atom stereocenters. The molecule has 2 rings (SSSR count). The van der Waals surface area contributed by atoms with Crippen molar-refractivity contribution >= 4 is 29.0 Å². The van der Waals surface area contributed by atoms with Crippen LogP contribution in [0.2, 0.25) is 10.0 Å². The van der Waals surface area contributed by atoms with Crippen molar-refractivity contribution < 1.29 is 15.1 Å². The summed E-state index contributed by atoms with van der Waals surface area (Å²) in [6, 6.07) is 4.81. The third-order valence-corrected chi connectivity index (χ3v) is 3.04. The lowest BCUT2D eigenvalue weighted by Crippen LogP contribution is -2.13. The molecule has 0 spiro atoms. The highest BCUT2D eigenvalue weighted by atomic mass is 35.5. The fourth-order valence-corrected chi connectivity index (χ4v) is 2.16. The van der Waals surface area contributed by atoms with Crippen molar-refractivity contribution in [2.75, 3.05) is 0 Å². The summed E-state index contributed by atoms with van der Waals surface area (Å²) in [4.78, 5) is 24.6. The van der Waals surface area contributed by atoms with E-state index >= 15 is 0 Å². The first-order chi connectivity index (χ1) is 10.2. The average molecular weight is 347 g/mol. The topological polar surface area (TPSA) is 111 Å². The summed E-state index contributed by atoms with van der Waals surface area (Å²) in [5.74, 6) is 1.22. The third kappa shape index (κ3) is 5.30. The summed E-state index contributed by atoms with van der Waals surface area (Å²) in [5.41, 5.74) is 0.439. The minimum Gasteiger partial charge on any atom is -0.328 e. The van der Waals surface area contributed by atoms with Crippen LogP contribution in [0.5, 0.6) is 0 Å². The van der Waals surface area contributed by atoms with Crippen molar-refractivity contribution in [3.63, 3.8) is 0 Å². The Morgan fingerprint density at radius 1 is 1.41 bits per heavy atom. The van der Waals surface area contributed by atoms with Gasteiger partial charge >= 0.3 is 0 Å². The fourth-order valence-electron chi connectivity index (χ4n) is 1.65. The van der Waals surface area contributed by atoms with Crippen molar-refractivity contribution in [1.82, 2.24) is 14.8 Å². The lowest BCUT2D eigenvalue weighted by Gasteiger charge is -2.05. The van der Waals surface area contributed by atoms with E-state index in [-0.39, 0.29) is 12.3 Å². The van der Waals surface area contributed by atoms with E-state index in [0.29, 0.717) is 27.3 Å². The van der Waals surface area contributed by atoms with Crippen molar-refractivity contribution in [1.29, 1.82) is 0 Å². The normalized spacial score (nSPS) is 9.82. The molecule has 0 amide bonds. The first kappa shape index (κ1) is 17.9. The lowest BCUT2D eigenvalue weighted by molar-refractivity contribution is -0.742. The van der Waals surface area contributed by atoms with Crippen LogP contribution in [0.4, 0.5) is 0 Å². The average Bonchev–Trinajstić information content (AvgIpc) is 2.66. The molecule has 0 fully saturated rings. The van der Waals surface area contributed by atoms with Gasteiger partial charge < -0.3 is 5.21 Å². The highest BCUT2D eigenvalue weighted by molar-refractivity contribution is 6.36. The van der Waals surface area contributed by atoms with Gasteiger partial charge in [-0.25, -0.2) is 9.67 Å². The molecule has 0 saturated heterocycles. The van der Waals surface area contributed by atoms with Crippen LogP contribution in [-0.4, -0.2) is 30.8 Å². The van der Waals surface area contributed by atoms with Crippen LogP contribution >= 0.6 is 23.2 Å². The Balaban J connectivity index is 0.000000541. The van der Waals surface area contributed by atoms with Crippen LogP contribution in [0.3, 0.4) is 0 Å². The second-order valence-corrected chi connectivity index (χ2v) is 4.99. The molecule has 0 aliphatic heterocycles. The predicted molar refractivity (Wildman–Crippen MR) is 79.1 cm³/mol. The second-order valence-electron chi connectivity index (χ2n) is 4.15. The van der Waals surface area contributed by atoms with Crippen molar-refractivity contribution in [2.45, 2.75) is 20.4 Å². The molecule has 0 bridgehead atoms. The number of aryl methyl sites for hydroxylation is 2. The first-order valence-electron chi connectivity index (χ1n) is 5.90. The minimum absolute atomic E-state index is 0.119. The monoisotopic (exact) mass is 346 g/mol. The van der Waals surface area contributed by atoms with Gasteiger partial charge in [0.2, 0.25) is 0 Å². The van der Waals surface area contributed by atoms with Gasteiger partial charge in [-0.05, 0) is 32.0 Å². The van der Waals surface area contributed by atoms with Crippen LogP contribution in [0, 0.1) is 24.0 Å². The Kier molecular flexibility index (Phi) is 6.26. The Labute approximate surface area is 135 Å². The molecular weight excluding hydrogens is 335 g/mol. The van der Waals surface area contributed by atoms with Crippen LogP contribution in [0.25, 0.3) is 0 Å². The number of benzene rings is 1. The second kappa shape index (κ2) is 7.71.